The fourth-order valence-corrected chi connectivity index (χ4v) is 7.28. The molecule has 0 aromatic heterocycles. The van der Waals surface area contributed by atoms with Crippen LogP contribution in [-0.4, -0.2) is 42.2 Å². The molecule has 0 radical (unpaired) electrons. The van der Waals surface area contributed by atoms with Crippen LogP contribution < -0.4 is 15.5 Å². The second kappa shape index (κ2) is 12.3. The monoisotopic (exact) mass is 643 g/mol. The van der Waals surface area contributed by atoms with Gasteiger partial charge < -0.3 is 20.6 Å². The van der Waals surface area contributed by atoms with E-state index in [0.717, 1.165) is 25.9 Å². The summed E-state index contributed by atoms with van der Waals surface area (Å²) in [6.07, 6.45) is 2.49. The third-order valence-corrected chi connectivity index (χ3v) is 9.48. The summed E-state index contributed by atoms with van der Waals surface area (Å²) in [5.74, 6) is -3.74. The number of hydrogen-bond donors (Lipinski definition) is 3. The molecule has 3 aromatic rings. The van der Waals surface area contributed by atoms with Crippen molar-refractivity contribution < 1.29 is 23.5 Å². The average Bonchev–Trinajstić information content (AvgIpc) is 3.57. The molecule has 0 bridgehead atoms. The number of aromatic carboxylic acids is 1. The molecule has 2 aliphatic heterocycles. The van der Waals surface area contributed by atoms with Crippen LogP contribution in [0.3, 0.4) is 0 Å². The molecule has 2 saturated heterocycles. The standard InChI is InChI=1S/C34H37Cl2F2N3O3/c1-33(2,3)18-27-34(4,23-12-10-19(35)16-25(23)37)28(21-8-7-9-24(36)29(21)38)30(40-27)31(42)39-20-11-13-26(22(17-20)32(43)44)41-14-5-6-15-41/h7-13,16-17,27-28,30,40H,5-6,14-15,18H2,1-4H3,(H,39,42)(H,43,44)/t27-,28-,30?,34-/m0/s1. The molecule has 2 aliphatic rings. The zero-order valence-corrected chi connectivity index (χ0v) is 26.7. The molecule has 3 N–H and O–H groups in total. The van der Waals surface area contributed by atoms with Gasteiger partial charge in [0, 0.05) is 41.2 Å². The van der Waals surface area contributed by atoms with Gasteiger partial charge in [-0.15, -0.1) is 0 Å². The van der Waals surface area contributed by atoms with E-state index in [1.165, 1.54) is 18.2 Å². The quantitative estimate of drug-likeness (QED) is 0.243. The Morgan fingerprint density at radius 2 is 1.77 bits per heavy atom. The molecule has 234 valence electrons. The van der Waals surface area contributed by atoms with E-state index in [9.17, 15) is 14.7 Å². The highest BCUT2D eigenvalue weighted by molar-refractivity contribution is 6.31. The van der Waals surface area contributed by atoms with Crippen molar-refractivity contribution in [1.82, 2.24) is 5.32 Å². The third-order valence-electron chi connectivity index (χ3n) is 8.95. The van der Waals surface area contributed by atoms with E-state index in [-0.39, 0.29) is 26.6 Å². The second-order valence-corrected chi connectivity index (χ2v) is 14.1. The number of carboxylic acids is 1. The molecule has 4 atom stereocenters. The SMILES string of the molecule is CC(C)(C)C[C@@H]1NC(C(=O)Nc2ccc(N3CCCC3)c(C(=O)O)c2)[C@H](c2cccc(Cl)c2F)[C@@]1(C)c1ccc(Cl)cc1F. The molecular formula is C34H37Cl2F2N3O3. The molecule has 0 spiro atoms. The number of nitrogens with one attached hydrogen (secondary N) is 2. The van der Waals surface area contributed by atoms with Gasteiger partial charge in [-0.2, -0.15) is 0 Å². The van der Waals surface area contributed by atoms with Crippen molar-refractivity contribution in [1.29, 1.82) is 0 Å². The lowest BCUT2D eigenvalue weighted by Gasteiger charge is -2.40. The topological polar surface area (TPSA) is 81.7 Å². The van der Waals surface area contributed by atoms with Crippen LogP contribution in [0, 0.1) is 17.0 Å². The Hall–Kier alpha value is -3.20. The fourth-order valence-electron chi connectivity index (χ4n) is 6.94. The number of nitrogens with zero attached hydrogens (tertiary/aromatic N) is 1. The van der Waals surface area contributed by atoms with Crippen LogP contribution in [0.4, 0.5) is 20.2 Å². The largest absolute Gasteiger partial charge is 0.478 e. The number of halogens is 4. The van der Waals surface area contributed by atoms with Crippen LogP contribution in [0.1, 0.15) is 74.4 Å². The molecular weight excluding hydrogens is 607 g/mol. The highest BCUT2D eigenvalue weighted by Crippen LogP contribution is 2.53. The maximum absolute atomic E-state index is 15.9. The number of carboxylic acid groups (broad SMARTS) is 1. The predicted molar refractivity (Wildman–Crippen MR) is 171 cm³/mol. The summed E-state index contributed by atoms with van der Waals surface area (Å²) in [7, 11) is 0. The van der Waals surface area contributed by atoms with E-state index in [4.69, 9.17) is 23.2 Å². The second-order valence-electron chi connectivity index (χ2n) is 13.2. The third kappa shape index (κ3) is 6.17. The summed E-state index contributed by atoms with van der Waals surface area (Å²) in [4.78, 5) is 28.4. The molecule has 5 rings (SSSR count). The van der Waals surface area contributed by atoms with E-state index < -0.39 is 46.9 Å². The van der Waals surface area contributed by atoms with Crippen LogP contribution in [0.15, 0.2) is 54.6 Å². The molecule has 1 amide bonds. The van der Waals surface area contributed by atoms with Crippen LogP contribution in [0.25, 0.3) is 0 Å². The summed E-state index contributed by atoms with van der Waals surface area (Å²) >= 11 is 12.4. The zero-order valence-electron chi connectivity index (χ0n) is 25.2. The first-order chi connectivity index (χ1) is 20.7. The molecule has 0 saturated carbocycles. The molecule has 6 nitrogen and oxygen atoms in total. The van der Waals surface area contributed by atoms with Crippen LogP contribution in [-0.2, 0) is 10.2 Å². The Kier molecular flexibility index (Phi) is 9.00. The Morgan fingerprint density at radius 3 is 2.41 bits per heavy atom. The minimum Gasteiger partial charge on any atom is -0.478 e. The van der Waals surface area contributed by atoms with Crippen molar-refractivity contribution in [3.63, 3.8) is 0 Å². The lowest BCUT2D eigenvalue weighted by molar-refractivity contribution is -0.118. The molecule has 44 heavy (non-hydrogen) atoms. The molecule has 2 fully saturated rings. The molecule has 10 heteroatoms. The highest BCUT2D eigenvalue weighted by Gasteiger charge is 2.57. The number of benzene rings is 3. The average molecular weight is 645 g/mol. The van der Waals surface area contributed by atoms with Crippen molar-refractivity contribution in [2.24, 2.45) is 5.41 Å². The van der Waals surface area contributed by atoms with Crippen LogP contribution >= 0.6 is 23.2 Å². The lowest BCUT2D eigenvalue weighted by atomic mass is 9.63. The van der Waals surface area contributed by atoms with Gasteiger partial charge in [0.15, 0.2) is 0 Å². The normalized spacial score (nSPS) is 23.6. The number of rotatable bonds is 7. The van der Waals surface area contributed by atoms with E-state index in [0.29, 0.717) is 23.4 Å². The van der Waals surface area contributed by atoms with Crippen LogP contribution in [0.2, 0.25) is 10.0 Å². The van der Waals surface area contributed by atoms with E-state index in [2.05, 4.69) is 10.6 Å². The van der Waals surface area contributed by atoms with Gasteiger partial charge in [0.25, 0.3) is 0 Å². The number of carbonyl (C=O) groups excluding carboxylic acids is 1. The summed E-state index contributed by atoms with van der Waals surface area (Å²) in [6.45, 7) is 9.51. The summed E-state index contributed by atoms with van der Waals surface area (Å²) < 4.78 is 31.7. The van der Waals surface area contributed by atoms with Gasteiger partial charge in [-0.05, 0) is 72.2 Å². The lowest BCUT2D eigenvalue weighted by Crippen LogP contribution is -2.44. The van der Waals surface area contributed by atoms with Crippen molar-refractivity contribution in [2.45, 2.75) is 70.4 Å². The maximum Gasteiger partial charge on any atom is 0.337 e. The molecule has 1 unspecified atom stereocenters. The number of anilines is 2. The Balaban J connectivity index is 1.61. The van der Waals surface area contributed by atoms with Gasteiger partial charge in [0.2, 0.25) is 5.91 Å². The predicted octanol–water partition coefficient (Wildman–Crippen LogP) is 8.03. The molecule has 0 aliphatic carbocycles. The minimum atomic E-state index is -1.12. The van der Waals surface area contributed by atoms with Gasteiger partial charge in [0.05, 0.1) is 22.3 Å². The van der Waals surface area contributed by atoms with Crippen molar-refractivity contribution in [3.05, 3.63) is 93.0 Å². The minimum absolute atomic E-state index is 0.0835. The summed E-state index contributed by atoms with van der Waals surface area (Å²) in [6, 6.07) is 12.4. The Bertz CT molecular complexity index is 1590. The van der Waals surface area contributed by atoms with Gasteiger partial charge in [0.1, 0.15) is 11.6 Å². The fraction of sp³-hybridized carbons (Fsp3) is 0.412. The van der Waals surface area contributed by atoms with Gasteiger partial charge in [-0.3, -0.25) is 4.79 Å². The number of hydrogen-bond acceptors (Lipinski definition) is 4. The first-order valence-electron chi connectivity index (χ1n) is 14.8. The maximum atomic E-state index is 15.9. The molecule has 3 aromatic carbocycles. The van der Waals surface area contributed by atoms with Crippen LogP contribution in [0.5, 0.6) is 0 Å². The van der Waals surface area contributed by atoms with Crippen molar-refractivity contribution in [3.8, 4) is 0 Å². The van der Waals surface area contributed by atoms with E-state index in [1.54, 1.807) is 36.4 Å². The molecule has 2 heterocycles. The van der Waals surface area contributed by atoms with E-state index in [1.807, 2.05) is 32.6 Å². The first kappa shape index (κ1) is 32.2. The smallest absolute Gasteiger partial charge is 0.337 e. The zero-order chi connectivity index (χ0) is 32.0. The van der Waals surface area contributed by atoms with Gasteiger partial charge in [-0.25, -0.2) is 13.6 Å². The van der Waals surface area contributed by atoms with Gasteiger partial charge in [-0.1, -0.05) is 69.1 Å². The Labute approximate surface area is 266 Å². The Morgan fingerprint density at radius 1 is 1.07 bits per heavy atom. The number of amides is 1. The van der Waals surface area contributed by atoms with Crippen molar-refractivity contribution >= 4 is 46.5 Å². The van der Waals surface area contributed by atoms with Crippen molar-refractivity contribution in [2.75, 3.05) is 23.3 Å². The highest BCUT2D eigenvalue weighted by atomic mass is 35.5. The summed E-state index contributed by atoms with van der Waals surface area (Å²) in [5, 5.41) is 16.4. The van der Waals surface area contributed by atoms with E-state index >= 15 is 8.78 Å². The first-order valence-corrected chi connectivity index (χ1v) is 15.5. The summed E-state index contributed by atoms with van der Waals surface area (Å²) in [5.41, 5.74) is 0.0805. The number of carbonyl (C=O) groups is 2. The van der Waals surface area contributed by atoms with Gasteiger partial charge >= 0.3 is 5.97 Å².